The maximum absolute atomic E-state index is 11.8. The van der Waals surface area contributed by atoms with Crippen LogP contribution in [0.15, 0.2) is 60.7 Å². The van der Waals surface area contributed by atoms with Crippen LogP contribution in [0, 0.1) is 0 Å². The molecule has 2 N–H and O–H groups in total. The predicted octanol–water partition coefficient (Wildman–Crippen LogP) is 4.04. The normalized spacial score (nSPS) is 10.4. The van der Waals surface area contributed by atoms with Gasteiger partial charge in [0.2, 0.25) is 11.8 Å². The van der Waals surface area contributed by atoms with Gasteiger partial charge in [-0.25, -0.2) is 0 Å². The summed E-state index contributed by atoms with van der Waals surface area (Å²) in [5.41, 5.74) is 2.55. The molecule has 2 rings (SSSR count). The molecule has 0 saturated carbocycles. The van der Waals surface area contributed by atoms with Crippen LogP contribution < -0.4 is 10.6 Å². The van der Waals surface area contributed by atoms with Gasteiger partial charge in [0.05, 0.1) is 0 Å². The second kappa shape index (κ2) is 13.5. The summed E-state index contributed by atoms with van der Waals surface area (Å²) in [4.78, 5) is 23.7. The Morgan fingerprint density at radius 2 is 0.964 bits per heavy atom. The smallest absolute Gasteiger partial charge is 0.220 e. The molecule has 150 valence electrons. The lowest BCUT2D eigenvalue weighted by molar-refractivity contribution is -0.122. The topological polar surface area (TPSA) is 58.2 Å². The first-order valence-electron chi connectivity index (χ1n) is 10.4. The number of hydrogen-bond donors (Lipinski definition) is 2. The number of amides is 2. The Labute approximate surface area is 168 Å². The van der Waals surface area contributed by atoms with Crippen molar-refractivity contribution in [1.82, 2.24) is 10.6 Å². The third kappa shape index (κ3) is 9.91. The average molecular weight is 381 g/mol. The highest BCUT2D eigenvalue weighted by Gasteiger charge is 2.03. The van der Waals surface area contributed by atoms with Crippen molar-refractivity contribution in [2.24, 2.45) is 0 Å². The number of benzene rings is 2. The van der Waals surface area contributed by atoms with Gasteiger partial charge in [-0.15, -0.1) is 0 Å². The molecule has 0 saturated heterocycles. The molecule has 0 unspecified atom stereocenters. The van der Waals surface area contributed by atoms with Crippen molar-refractivity contribution in [3.05, 3.63) is 71.8 Å². The van der Waals surface area contributed by atoms with E-state index in [0.29, 0.717) is 25.9 Å². The quantitative estimate of drug-likeness (QED) is 0.515. The molecule has 0 atom stereocenters. The lowest BCUT2D eigenvalue weighted by Crippen LogP contribution is -2.27. The highest BCUT2D eigenvalue weighted by Crippen LogP contribution is 2.05. The number of nitrogens with one attached hydrogen (secondary N) is 2. The van der Waals surface area contributed by atoms with Crippen LogP contribution in [-0.2, 0) is 22.4 Å². The zero-order chi connectivity index (χ0) is 19.9. The van der Waals surface area contributed by atoms with Gasteiger partial charge < -0.3 is 10.6 Å². The Kier molecular flexibility index (Phi) is 10.5. The van der Waals surface area contributed by atoms with Gasteiger partial charge in [-0.3, -0.25) is 9.59 Å². The van der Waals surface area contributed by atoms with Crippen LogP contribution in [0.1, 0.15) is 49.7 Å². The molecule has 4 nitrogen and oxygen atoms in total. The first-order chi connectivity index (χ1) is 13.7. The van der Waals surface area contributed by atoms with Crippen LogP contribution in [0.2, 0.25) is 0 Å². The summed E-state index contributed by atoms with van der Waals surface area (Å²) in [5, 5.41) is 5.92. The molecule has 0 spiro atoms. The molecule has 28 heavy (non-hydrogen) atoms. The molecule has 0 aliphatic heterocycles. The van der Waals surface area contributed by atoms with Crippen molar-refractivity contribution in [2.45, 2.75) is 51.4 Å². The summed E-state index contributed by atoms with van der Waals surface area (Å²) in [6, 6.07) is 20.5. The van der Waals surface area contributed by atoms with Crippen LogP contribution >= 0.6 is 0 Å². The van der Waals surface area contributed by atoms with E-state index in [1.165, 1.54) is 11.1 Å². The van der Waals surface area contributed by atoms with Crippen molar-refractivity contribution in [3.63, 3.8) is 0 Å². The van der Waals surface area contributed by atoms with Crippen LogP contribution in [-0.4, -0.2) is 24.9 Å². The molecular formula is C24H32N2O2. The molecule has 2 aromatic carbocycles. The maximum atomic E-state index is 11.8. The summed E-state index contributed by atoms with van der Waals surface area (Å²) in [6.07, 6.45) is 6.50. The zero-order valence-electron chi connectivity index (χ0n) is 16.7. The largest absolute Gasteiger partial charge is 0.356 e. The summed E-state index contributed by atoms with van der Waals surface area (Å²) >= 11 is 0. The number of hydrogen-bond acceptors (Lipinski definition) is 2. The van der Waals surface area contributed by atoms with Gasteiger partial charge in [0.1, 0.15) is 0 Å². The van der Waals surface area contributed by atoms with Crippen molar-refractivity contribution in [3.8, 4) is 0 Å². The average Bonchev–Trinajstić information content (AvgIpc) is 2.72. The fourth-order valence-corrected chi connectivity index (χ4v) is 3.08. The Morgan fingerprint density at radius 3 is 1.36 bits per heavy atom. The van der Waals surface area contributed by atoms with Crippen LogP contribution in [0.4, 0.5) is 0 Å². The van der Waals surface area contributed by atoms with E-state index in [-0.39, 0.29) is 11.8 Å². The molecule has 4 heteroatoms. The van der Waals surface area contributed by atoms with E-state index in [1.807, 2.05) is 36.4 Å². The Morgan fingerprint density at radius 1 is 0.571 bits per heavy atom. The molecule has 0 radical (unpaired) electrons. The van der Waals surface area contributed by atoms with Crippen molar-refractivity contribution >= 4 is 11.8 Å². The Hall–Kier alpha value is -2.62. The summed E-state index contributed by atoms with van der Waals surface area (Å²) in [5.74, 6) is 0.224. The van der Waals surface area contributed by atoms with Crippen LogP contribution in [0.3, 0.4) is 0 Å². The second-order valence-corrected chi connectivity index (χ2v) is 7.09. The molecule has 2 amide bonds. The molecule has 2 aromatic rings. The van der Waals surface area contributed by atoms with Crippen molar-refractivity contribution in [2.75, 3.05) is 13.1 Å². The maximum Gasteiger partial charge on any atom is 0.220 e. The minimum atomic E-state index is 0.112. The molecule has 0 bridgehead atoms. The van der Waals surface area contributed by atoms with Crippen LogP contribution in [0.25, 0.3) is 0 Å². The molecule has 0 aliphatic carbocycles. The minimum absolute atomic E-state index is 0.112. The van der Waals surface area contributed by atoms with Crippen molar-refractivity contribution < 1.29 is 9.59 Å². The van der Waals surface area contributed by atoms with Gasteiger partial charge in [-0.2, -0.15) is 0 Å². The van der Waals surface area contributed by atoms with E-state index in [2.05, 4.69) is 34.9 Å². The van der Waals surface area contributed by atoms with E-state index >= 15 is 0 Å². The highest BCUT2D eigenvalue weighted by atomic mass is 16.2. The van der Waals surface area contributed by atoms with Gasteiger partial charge in [0.25, 0.3) is 0 Å². The van der Waals surface area contributed by atoms with Crippen molar-refractivity contribution in [1.29, 1.82) is 0 Å². The molecule has 0 aromatic heterocycles. The van der Waals surface area contributed by atoms with Crippen LogP contribution in [0.5, 0.6) is 0 Å². The fraction of sp³-hybridized carbons (Fsp3) is 0.417. The van der Waals surface area contributed by atoms with Gasteiger partial charge in [0.15, 0.2) is 0 Å². The van der Waals surface area contributed by atoms with Gasteiger partial charge in [0, 0.05) is 25.9 Å². The standard InChI is InChI=1S/C24H32N2O2/c27-23(17-9-15-21-11-3-1-4-12-21)25-19-7-8-20-26-24(28)18-10-16-22-13-5-2-6-14-22/h1-6,11-14H,7-10,15-20H2,(H,25,27)(H,26,28). The molecule has 0 aliphatic rings. The molecular weight excluding hydrogens is 348 g/mol. The summed E-state index contributed by atoms with van der Waals surface area (Å²) in [6.45, 7) is 1.35. The third-order valence-electron chi connectivity index (χ3n) is 4.67. The van der Waals surface area contributed by atoms with Gasteiger partial charge in [-0.1, -0.05) is 60.7 Å². The van der Waals surface area contributed by atoms with E-state index < -0.39 is 0 Å². The number of rotatable bonds is 13. The monoisotopic (exact) mass is 380 g/mol. The number of unbranched alkanes of at least 4 members (excludes halogenated alkanes) is 1. The van der Waals surface area contributed by atoms with E-state index in [1.54, 1.807) is 0 Å². The highest BCUT2D eigenvalue weighted by molar-refractivity contribution is 5.76. The summed E-state index contributed by atoms with van der Waals surface area (Å²) in [7, 11) is 0. The Bertz CT molecular complexity index is 625. The number of carbonyl (C=O) groups excluding carboxylic acids is 2. The van der Waals surface area contributed by atoms with E-state index in [9.17, 15) is 9.59 Å². The number of carbonyl (C=O) groups is 2. The first kappa shape index (κ1) is 21.7. The SMILES string of the molecule is O=C(CCCc1ccccc1)NCCCCNC(=O)CCCc1ccccc1. The fourth-order valence-electron chi connectivity index (χ4n) is 3.08. The van der Waals surface area contributed by atoms with Gasteiger partial charge >= 0.3 is 0 Å². The third-order valence-corrected chi connectivity index (χ3v) is 4.67. The number of aryl methyl sites for hydroxylation is 2. The van der Waals surface area contributed by atoms with Gasteiger partial charge in [-0.05, 0) is 49.7 Å². The lowest BCUT2D eigenvalue weighted by atomic mass is 10.1. The molecule has 0 heterocycles. The zero-order valence-corrected chi connectivity index (χ0v) is 16.7. The minimum Gasteiger partial charge on any atom is -0.356 e. The summed E-state index contributed by atoms with van der Waals surface area (Å²) < 4.78 is 0. The predicted molar refractivity (Wildman–Crippen MR) is 114 cm³/mol. The second-order valence-electron chi connectivity index (χ2n) is 7.09. The van der Waals surface area contributed by atoms with E-state index in [0.717, 1.165) is 38.5 Å². The van der Waals surface area contributed by atoms with E-state index in [4.69, 9.17) is 0 Å². The first-order valence-corrected chi connectivity index (χ1v) is 10.4. The molecule has 0 fully saturated rings. The Balaban J connectivity index is 1.40. The lowest BCUT2D eigenvalue weighted by Gasteiger charge is -2.07.